The lowest BCUT2D eigenvalue weighted by Gasteiger charge is -2.16. The summed E-state index contributed by atoms with van der Waals surface area (Å²) in [5.74, 6) is -0.398. The van der Waals surface area contributed by atoms with Gasteiger partial charge in [-0.05, 0) is 57.5 Å². The van der Waals surface area contributed by atoms with Gasteiger partial charge in [0.2, 0.25) is 0 Å². The number of benzene rings is 2. The van der Waals surface area contributed by atoms with E-state index < -0.39 is 18.0 Å². The van der Waals surface area contributed by atoms with E-state index in [0.29, 0.717) is 36.0 Å². The Kier molecular flexibility index (Phi) is 8.41. The number of esters is 1. The van der Waals surface area contributed by atoms with E-state index in [1.165, 1.54) is 19.9 Å². The van der Waals surface area contributed by atoms with Crippen LogP contribution in [-0.2, 0) is 9.53 Å². The Morgan fingerprint density at radius 3 is 2.40 bits per heavy atom. The number of ether oxygens (including phenoxy) is 3. The molecule has 7 nitrogen and oxygen atoms in total. The fraction of sp³-hybridized carbons (Fsp3) is 0.348. The monoisotopic (exact) mass is 413 g/mol. The Morgan fingerprint density at radius 2 is 1.73 bits per heavy atom. The number of hydrogen-bond acceptors (Lipinski definition) is 6. The smallest absolute Gasteiger partial charge is 0.339 e. The van der Waals surface area contributed by atoms with Gasteiger partial charge in [-0.25, -0.2) is 4.79 Å². The van der Waals surface area contributed by atoms with Gasteiger partial charge in [-0.2, -0.15) is 0 Å². The van der Waals surface area contributed by atoms with Crippen molar-refractivity contribution in [1.82, 2.24) is 0 Å². The molecule has 1 amide bonds. The maximum atomic E-state index is 12.5. The minimum atomic E-state index is -1.07. The topological polar surface area (TPSA) is 90.9 Å². The van der Waals surface area contributed by atoms with Crippen LogP contribution in [0, 0.1) is 0 Å². The van der Waals surface area contributed by atoms with Gasteiger partial charge in [0.25, 0.3) is 5.91 Å². The van der Waals surface area contributed by atoms with Crippen LogP contribution in [-0.4, -0.2) is 37.0 Å². The molecule has 160 valence electrons. The average molecular weight is 413 g/mol. The molecule has 0 aromatic heterocycles. The van der Waals surface area contributed by atoms with Crippen LogP contribution in [0.15, 0.2) is 42.5 Å². The number of amides is 1. The molecule has 0 fully saturated rings. The maximum absolute atomic E-state index is 12.5. The van der Waals surface area contributed by atoms with E-state index in [1.54, 1.807) is 36.4 Å². The molecule has 0 saturated heterocycles. The molecule has 0 aliphatic heterocycles. The molecule has 7 heteroatoms. The Morgan fingerprint density at radius 1 is 1.00 bits per heavy atom. The van der Waals surface area contributed by atoms with E-state index >= 15 is 0 Å². The summed E-state index contributed by atoms with van der Waals surface area (Å²) >= 11 is 0. The lowest BCUT2D eigenvalue weighted by atomic mass is 10.1. The predicted octanol–water partition coefficient (Wildman–Crippen LogP) is 4.26. The second-order valence-electron chi connectivity index (χ2n) is 6.58. The molecule has 2 rings (SSSR count). The van der Waals surface area contributed by atoms with Crippen LogP contribution in [0.3, 0.4) is 0 Å². The first-order valence-electron chi connectivity index (χ1n) is 9.88. The van der Waals surface area contributed by atoms with Gasteiger partial charge in [0.05, 0.1) is 24.5 Å². The SMILES string of the molecule is CCCOc1ccc(C(=O)O[C@@H](C)C(=O)Nc2ccccc2C(C)=O)cc1OCC. The van der Waals surface area contributed by atoms with Gasteiger partial charge in [-0.15, -0.1) is 0 Å². The summed E-state index contributed by atoms with van der Waals surface area (Å²) in [7, 11) is 0. The van der Waals surface area contributed by atoms with Crippen molar-refractivity contribution in [3.63, 3.8) is 0 Å². The van der Waals surface area contributed by atoms with Crippen LogP contribution >= 0.6 is 0 Å². The van der Waals surface area contributed by atoms with E-state index in [9.17, 15) is 14.4 Å². The number of Topliss-reactive ketones (excluding diaryl/α,β-unsaturated/α-hetero) is 1. The molecule has 1 N–H and O–H groups in total. The van der Waals surface area contributed by atoms with Crippen LogP contribution in [0.2, 0.25) is 0 Å². The second kappa shape index (κ2) is 11.0. The van der Waals surface area contributed by atoms with Crippen LogP contribution in [0.5, 0.6) is 11.5 Å². The third-order valence-corrected chi connectivity index (χ3v) is 4.16. The Labute approximate surface area is 176 Å². The van der Waals surface area contributed by atoms with Crippen molar-refractivity contribution in [1.29, 1.82) is 0 Å². The average Bonchev–Trinajstić information content (AvgIpc) is 2.73. The molecule has 0 spiro atoms. The van der Waals surface area contributed by atoms with Gasteiger partial charge < -0.3 is 19.5 Å². The fourth-order valence-corrected chi connectivity index (χ4v) is 2.65. The van der Waals surface area contributed by atoms with Gasteiger partial charge in [0.1, 0.15) is 0 Å². The number of rotatable bonds is 10. The highest BCUT2D eigenvalue weighted by atomic mass is 16.5. The van der Waals surface area contributed by atoms with E-state index in [1.807, 2.05) is 13.8 Å². The summed E-state index contributed by atoms with van der Waals surface area (Å²) < 4.78 is 16.5. The van der Waals surface area contributed by atoms with Crippen molar-refractivity contribution in [3.05, 3.63) is 53.6 Å². The van der Waals surface area contributed by atoms with Crippen molar-refractivity contribution < 1.29 is 28.6 Å². The van der Waals surface area contributed by atoms with Crippen LogP contribution < -0.4 is 14.8 Å². The zero-order valence-electron chi connectivity index (χ0n) is 17.7. The second-order valence-corrected chi connectivity index (χ2v) is 6.58. The Bertz CT molecular complexity index is 908. The first kappa shape index (κ1) is 22.9. The molecule has 0 unspecified atom stereocenters. The molecule has 0 aliphatic rings. The van der Waals surface area contributed by atoms with Gasteiger partial charge >= 0.3 is 5.97 Å². The molecular weight excluding hydrogens is 386 g/mol. The summed E-state index contributed by atoms with van der Waals surface area (Å²) in [5.41, 5.74) is 0.994. The third-order valence-electron chi connectivity index (χ3n) is 4.16. The van der Waals surface area contributed by atoms with Crippen LogP contribution in [0.4, 0.5) is 5.69 Å². The molecule has 2 aromatic carbocycles. The lowest BCUT2D eigenvalue weighted by Crippen LogP contribution is -2.30. The number of carbonyl (C=O) groups excluding carboxylic acids is 3. The van der Waals surface area contributed by atoms with Crippen LogP contribution in [0.25, 0.3) is 0 Å². The van der Waals surface area contributed by atoms with E-state index in [0.717, 1.165) is 6.42 Å². The van der Waals surface area contributed by atoms with Crippen molar-refractivity contribution in [3.8, 4) is 11.5 Å². The molecule has 1 atom stereocenters. The molecular formula is C23H27NO6. The van der Waals surface area contributed by atoms with E-state index in [-0.39, 0.29) is 11.3 Å². The highest BCUT2D eigenvalue weighted by molar-refractivity contribution is 6.05. The lowest BCUT2D eigenvalue weighted by molar-refractivity contribution is -0.123. The van der Waals surface area contributed by atoms with Crippen molar-refractivity contribution in [2.75, 3.05) is 18.5 Å². The first-order valence-corrected chi connectivity index (χ1v) is 9.88. The fourth-order valence-electron chi connectivity index (χ4n) is 2.65. The largest absolute Gasteiger partial charge is 0.490 e. The van der Waals surface area contributed by atoms with Gasteiger partial charge in [0.15, 0.2) is 23.4 Å². The van der Waals surface area contributed by atoms with Gasteiger partial charge in [0, 0.05) is 5.56 Å². The molecule has 0 aliphatic carbocycles. The first-order chi connectivity index (χ1) is 14.4. The summed E-state index contributed by atoms with van der Waals surface area (Å²) in [6.07, 6.45) is -0.224. The maximum Gasteiger partial charge on any atom is 0.339 e. The Hall–Kier alpha value is -3.35. The normalized spacial score (nSPS) is 11.3. The molecule has 0 bridgehead atoms. The quantitative estimate of drug-likeness (QED) is 0.462. The molecule has 30 heavy (non-hydrogen) atoms. The summed E-state index contributed by atoms with van der Waals surface area (Å²) in [4.78, 5) is 36.7. The minimum absolute atomic E-state index is 0.176. The third kappa shape index (κ3) is 6.07. The number of nitrogens with one attached hydrogen (secondary N) is 1. The number of para-hydroxylation sites is 1. The number of anilines is 1. The van der Waals surface area contributed by atoms with E-state index in [4.69, 9.17) is 14.2 Å². The van der Waals surface area contributed by atoms with Gasteiger partial charge in [-0.1, -0.05) is 19.1 Å². The predicted molar refractivity (Wildman–Crippen MR) is 113 cm³/mol. The molecule has 0 heterocycles. The molecule has 0 radical (unpaired) electrons. The van der Waals surface area contributed by atoms with Crippen molar-refractivity contribution in [2.45, 2.75) is 40.2 Å². The highest BCUT2D eigenvalue weighted by Crippen LogP contribution is 2.29. The van der Waals surface area contributed by atoms with Crippen molar-refractivity contribution in [2.24, 2.45) is 0 Å². The van der Waals surface area contributed by atoms with Crippen molar-refractivity contribution >= 4 is 23.3 Å². The summed E-state index contributed by atoms with van der Waals surface area (Å²) in [6.45, 7) is 7.65. The zero-order chi connectivity index (χ0) is 22.1. The summed E-state index contributed by atoms with van der Waals surface area (Å²) in [5, 5.41) is 2.63. The standard InChI is InChI=1S/C23H27NO6/c1-5-13-29-20-12-11-17(14-21(20)28-6-2)23(27)30-16(4)22(26)24-19-10-8-7-9-18(19)15(3)25/h7-12,14,16H,5-6,13H2,1-4H3,(H,24,26)/t16-/m0/s1. The summed E-state index contributed by atoms with van der Waals surface area (Å²) in [6, 6.07) is 11.4. The minimum Gasteiger partial charge on any atom is -0.490 e. The zero-order valence-corrected chi connectivity index (χ0v) is 17.7. The number of ketones is 1. The highest BCUT2D eigenvalue weighted by Gasteiger charge is 2.21. The van der Waals surface area contributed by atoms with Crippen LogP contribution in [0.1, 0.15) is 54.8 Å². The molecule has 2 aromatic rings. The van der Waals surface area contributed by atoms with E-state index in [2.05, 4.69) is 5.32 Å². The van der Waals surface area contributed by atoms with Gasteiger partial charge in [-0.3, -0.25) is 9.59 Å². The number of carbonyl (C=O) groups is 3. The number of hydrogen-bond donors (Lipinski definition) is 1. The molecule has 0 saturated carbocycles. The Balaban J connectivity index is 2.08.